The first kappa shape index (κ1) is 32.3. The Morgan fingerprint density at radius 2 is 0.708 bits per heavy atom. The number of carbonyl (C=O) groups is 2. The number of para-hydroxylation sites is 2. The Balaban J connectivity index is 1.33. The summed E-state index contributed by atoms with van der Waals surface area (Å²) in [6, 6.07) is 51.3. The molecule has 6 aromatic rings. The van der Waals surface area contributed by atoms with Crippen LogP contribution in [0.4, 0.5) is 34.1 Å². The van der Waals surface area contributed by atoms with Crippen molar-refractivity contribution in [3.05, 3.63) is 192 Å². The summed E-state index contributed by atoms with van der Waals surface area (Å²) in [5.41, 5.74) is 8.43. The van der Waals surface area contributed by atoms with Crippen molar-refractivity contribution in [3.8, 4) is 11.1 Å². The van der Waals surface area contributed by atoms with E-state index in [1.165, 1.54) is 0 Å². The fourth-order valence-electron chi connectivity index (χ4n) is 5.54. The third-order valence-corrected chi connectivity index (χ3v) is 8.18. The summed E-state index contributed by atoms with van der Waals surface area (Å²) in [5, 5.41) is -0.0520. The van der Waals surface area contributed by atoms with Gasteiger partial charge in [0.1, 0.15) is 0 Å². The molecule has 0 amide bonds. The molecule has 0 spiro atoms. The topological polar surface area (TPSA) is 40.6 Å². The van der Waals surface area contributed by atoms with Crippen LogP contribution in [-0.2, 0) is 0 Å². The van der Waals surface area contributed by atoms with E-state index in [0.29, 0.717) is 11.1 Å². The number of Topliss-reactive ketones (excluding diaryl/α,β-unsaturated/α-hetero) is 2. The van der Waals surface area contributed by atoms with Crippen LogP contribution >= 0.6 is 23.2 Å². The van der Waals surface area contributed by atoms with E-state index in [-0.39, 0.29) is 21.6 Å². The van der Waals surface area contributed by atoms with Crippen molar-refractivity contribution in [2.45, 2.75) is 0 Å². The molecule has 6 heteroatoms. The smallest absolute Gasteiger partial charge is 0.203 e. The zero-order valence-electron chi connectivity index (χ0n) is 25.9. The van der Waals surface area contributed by atoms with Gasteiger partial charge in [-0.15, -0.1) is 0 Å². The van der Waals surface area contributed by atoms with E-state index in [2.05, 4.69) is 71.5 Å². The highest BCUT2D eigenvalue weighted by molar-refractivity contribution is 6.45. The molecule has 0 radical (unpaired) electrons. The van der Waals surface area contributed by atoms with Crippen LogP contribution in [0, 0.1) is 0 Å². The lowest BCUT2D eigenvalue weighted by atomic mass is 10.0. The monoisotopic (exact) mass is 664 g/mol. The van der Waals surface area contributed by atoms with Gasteiger partial charge in [-0.1, -0.05) is 121 Å². The molecule has 0 fully saturated rings. The molecule has 0 atom stereocenters. The number of hydrogen-bond acceptors (Lipinski definition) is 4. The summed E-state index contributed by atoms with van der Waals surface area (Å²) in [7, 11) is 0. The van der Waals surface area contributed by atoms with E-state index in [9.17, 15) is 9.59 Å². The molecule has 0 aliphatic heterocycles. The molecule has 0 saturated carbocycles. The van der Waals surface area contributed by atoms with Crippen molar-refractivity contribution in [2.75, 3.05) is 9.80 Å². The quantitative estimate of drug-likeness (QED) is 0.102. The van der Waals surface area contributed by atoms with Crippen molar-refractivity contribution in [1.82, 2.24) is 0 Å². The molecule has 0 bridgehead atoms. The molecule has 0 heterocycles. The van der Waals surface area contributed by atoms with Gasteiger partial charge in [-0.3, -0.25) is 9.59 Å². The number of rotatable bonds is 11. The van der Waals surface area contributed by atoms with E-state index in [4.69, 9.17) is 23.2 Å². The molecular weight excluding hydrogens is 635 g/mol. The number of hydrogen-bond donors (Lipinski definition) is 0. The van der Waals surface area contributed by atoms with Crippen LogP contribution in [0.5, 0.6) is 0 Å². The minimum atomic E-state index is -0.307. The van der Waals surface area contributed by atoms with Crippen molar-refractivity contribution in [3.63, 3.8) is 0 Å². The van der Waals surface area contributed by atoms with Crippen molar-refractivity contribution >= 4 is 68.9 Å². The Bertz CT molecular complexity index is 1960. The Kier molecular flexibility index (Phi) is 9.67. The van der Waals surface area contributed by atoms with E-state index >= 15 is 0 Å². The van der Waals surface area contributed by atoms with Crippen molar-refractivity contribution in [1.29, 1.82) is 0 Å². The zero-order chi connectivity index (χ0) is 33.6. The van der Waals surface area contributed by atoms with E-state index in [0.717, 1.165) is 45.3 Å². The summed E-state index contributed by atoms with van der Waals surface area (Å²) in [6.07, 6.45) is 0. The zero-order valence-corrected chi connectivity index (χ0v) is 27.4. The van der Waals surface area contributed by atoms with Gasteiger partial charge in [0.25, 0.3) is 0 Å². The molecule has 0 unspecified atom stereocenters. The lowest BCUT2D eigenvalue weighted by Crippen LogP contribution is -2.11. The number of ketones is 2. The Hall–Kier alpha value is -5.68. The minimum absolute atomic E-state index is 0.0260. The normalized spacial score (nSPS) is 10.6. The maximum atomic E-state index is 12.6. The van der Waals surface area contributed by atoms with Gasteiger partial charge in [-0.2, -0.15) is 0 Å². The second-order valence-electron chi connectivity index (χ2n) is 11.0. The first-order chi connectivity index (χ1) is 23.3. The second-order valence-corrected chi connectivity index (χ2v) is 11.9. The van der Waals surface area contributed by atoms with Crippen LogP contribution in [0.3, 0.4) is 0 Å². The Morgan fingerprint density at radius 3 is 1.04 bits per heavy atom. The van der Waals surface area contributed by atoms with Gasteiger partial charge in [-0.05, 0) is 83.9 Å². The molecule has 0 aliphatic rings. The van der Waals surface area contributed by atoms with Crippen LogP contribution in [0.25, 0.3) is 11.1 Å². The average Bonchev–Trinajstić information content (AvgIpc) is 3.13. The molecule has 0 aliphatic carbocycles. The largest absolute Gasteiger partial charge is 0.310 e. The van der Waals surface area contributed by atoms with Gasteiger partial charge >= 0.3 is 0 Å². The first-order valence-electron chi connectivity index (χ1n) is 15.2. The van der Waals surface area contributed by atoms with Crippen LogP contribution in [0.15, 0.2) is 181 Å². The third kappa shape index (κ3) is 7.01. The predicted molar refractivity (Wildman–Crippen MR) is 200 cm³/mol. The Labute approximate surface area is 290 Å². The van der Waals surface area contributed by atoms with E-state index in [1.807, 2.05) is 97.1 Å². The SMILES string of the molecule is C=C(Cl)C(=O)c1cccc(N(c2ccccc2)c2ccc(-c3ccc(N(c4ccccc4)c4cccc(C(=O)C(=C)Cl)c4)cc3)cc2)c1. The third-order valence-electron chi connectivity index (χ3n) is 7.84. The fourth-order valence-corrected chi connectivity index (χ4v) is 5.76. The molecule has 0 aromatic heterocycles. The second kappa shape index (κ2) is 14.4. The number of nitrogens with zero attached hydrogens (tertiary/aromatic N) is 2. The van der Waals surface area contributed by atoms with Gasteiger partial charge in [-0.25, -0.2) is 0 Å². The number of carbonyl (C=O) groups excluding carboxylic acids is 2. The van der Waals surface area contributed by atoms with Gasteiger partial charge in [0.15, 0.2) is 0 Å². The summed E-state index contributed by atoms with van der Waals surface area (Å²) >= 11 is 11.9. The van der Waals surface area contributed by atoms with Crippen molar-refractivity contribution < 1.29 is 9.59 Å². The lowest BCUT2D eigenvalue weighted by Gasteiger charge is -2.26. The number of anilines is 6. The minimum Gasteiger partial charge on any atom is -0.310 e. The molecule has 6 rings (SSSR count). The molecule has 6 aromatic carbocycles. The standard InChI is InChI=1S/C42H30Cl2N2O2/c1-29(43)41(47)33-11-9-17-39(27-33)45(35-13-5-3-6-14-35)37-23-19-31(20-24-37)32-21-25-38(26-22-32)46(36-15-7-4-8-16-36)40-18-10-12-34(28-40)42(48)30(2)44/h3-28H,1-2H2. The Morgan fingerprint density at radius 1 is 0.396 bits per heavy atom. The van der Waals surface area contributed by atoms with Crippen LogP contribution in [0.1, 0.15) is 20.7 Å². The molecule has 0 N–H and O–H groups in total. The molecule has 234 valence electrons. The van der Waals surface area contributed by atoms with Crippen LogP contribution in [-0.4, -0.2) is 11.6 Å². The van der Waals surface area contributed by atoms with Gasteiger partial charge in [0, 0.05) is 45.3 Å². The van der Waals surface area contributed by atoms with Crippen molar-refractivity contribution in [2.24, 2.45) is 0 Å². The van der Waals surface area contributed by atoms with Gasteiger partial charge in [0.05, 0.1) is 10.1 Å². The first-order valence-corrected chi connectivity index (χ1v) is 15.9. The highest BCUT2D eigenvalue weighted by Crippen LogP contribution is 2.38. The van der Waals surface area contributed by atoms with Crippen LogP contribution in [0.2, 0.25) is 0 Å². The maximum absolute atomic E-state index is 12.6. The highest BCUT2D eigenvalue weighted by atomic mass is 35.5. The summed E-state index contributed by atoms with van der Waals surface area (Å²) in [6.45, 7) is 7.20. The molecule has 0 saturated heterocycles. The molecule has 48 heavy (non-hydrogen) atoms. The van der Waals surface area contributed by atoms with Crippen LogP contribution < -0.4 is 9.80 Å². The van der Waals surface area contributed by atoms with Gasteiger partial charge in [0.2, 0.25) is 11.6 Å². The summed E-state index contributed by atoms with van der Waals surface area (Å²) in [4.78, 5) is 29.4. The molecule has 4 nitrogen and oxygen atoms in total. The average molecular weight is 666 g/mol. The molecular formula is C42H30Cl2N2O2. The number of halogens is 2. The van der Waals surface area contributed by atoms with Gasteiger partial charge < -0.3 is 9.80 Å². The summed E-state index contributed by atoms with van der Waals surface area (Å²) < 4.78 is 0. The predicted octanol–water partition coefficient (Wildman–Crippen LogP) is 12.2. The number of benzene rings is 6. The highest BCUT2D eigenvalue weighted by Gasteiger charge is 2.18. The van der Waals surface area contributed by atoms with E-state index < -0.39 is 0 Å². The summed E-state index contributed by atoms with van der Waals surface area (Å²) in [5.74, 6) is -0.614. The van der Waals surface area contributed by atoms with E-state index in [1.54, 1.807) is 12.1 Å². The number of allylic oxidation sites excluding steroid dienone is 2. The maximum Gasteiger partial charge on any atom is 0.203 e. The fraction of sp³-hybridized carbons (Fsp3) is 0. The lowest BCUT2D eigenvalue weighted by molar-refractivity contribution is 0.103.